The van der Waals surface area contributed by atoms with Gasteiger partial charge in [-0.05, 0) is 69.4 Å². The van der Waals surface area contributed by atoms with Gasteiger partial charge in [-0.15, -0.1) is 0 Å². The van der Waals surface area contributed by atoms with Crippen LogP contribution in [0.3, 0.4) is 0 Å². The SMILES string of the molecule is [C-]#[N+]c1ccc2c(c1)c1cc(-c3nc(-c4cccc5ccccc45)nc(-c4cccc5ccccc45)n3)ccc1n2-c1ccccc1. The van der Waals surface area contributed by atoms with Gasteiger partial charge < -0.3 is 4.57 Å². The van der Waals surface area contributed by atoms with Crippen LogP contribution in [0.5, 0.6) is 0 Å². The van der Waals surface area contributed by atoms with Crippen molar-refractivity contribution in [3.63, 3.8) is 0 Å². The first-order chi connectivity index (χ1) is 23.2. The van der Waals surface area contributed by atoms with Crippen LogP contribution < -0.4 is 0 Å². The number of benzene rings is 7. The number of hydrogen-bond donors (Lipinski definition) is 0. The predicted octanol–water partition coefficient (Wildman–Crippen LogP) is 10.8. The first-order valence-corrected chi connectivity index (χ1v) is 15.5. The van der Waals surface area contributed by atoms with Crippen molar-refractivity contribution < 1.29 is 0 Å². The van der Waals surface area contributed by atoms with Crippen LogP contribution >= 0.6 is 0 Å². The lowest BCUT2D eigenvalue weighted by Gasteiger charge is -2.12. The third-order valence-corrected chi connectivity index (χ3v) is 8.85. The second-order valence-electron chi connectivity index (χ2n) is 11.6. The van der Waals surface area contributed by atoms with E-state index in [-0.39, 0.29) is 0 Å². The molecule has 0 radical (unpaired) electrons. The summed E-state index contributed by atoms with van der Waals surface area (Å²) < 4.78 is 2.25. The molecule has 0 fully saturated rings. The molecule has 0 bridgehead atoms. The Kier molecular flexibility index (Phi) is 6.12. The molecule has 2 heterocycles. The van der Waals surface area contributed by atoms with Crippen molar-refractivity contribution in [1.82, 2.24) is 19.5 Å². The third kappa shape index (κ3) is 4.43. The Balaban J connectivity index is 1.33. The molecule has 7 aromatic carbocycles. The smallest absolute Gasteiger partial charge is 0.188 e. The van der Waals surface area contributed by atoms with Crippen molar-refractivity contribution in [2.75, 3.05) is 0 Å². The molecule has 0 N–H and O–H groups in total. The molecule has 5 nitrogen and oxygen atoms in total. The molecule has 0 amide bonds. The topological polar surface area (TPSA) is 48.0 Å². The highest BCUT2D eigenvalue weighted by Crippen LogP contribution is 2.37. The van der Waals surface area contributed by atoms with Crippen LogP contribution in [0.2, 0.25) is 0 Å². The summed E-state index contributed by atoms with van der Waals surface area (Å²) in [7, 11) is 0. The summed E-state index contributed by atoms with van der Waals surface area (Å²) in [6.07, 6.45) is 0. The highest BCUT2D eigenvalue weighted by Gasteiger charge is 2.18. The summed E-state index contributed by atoms with van der Waals surface area (Å²) in [5.74, 6) is 1.84. The van der Waals surface area contributed by atoms with Gasteiger partial charge >= 0.3 is 0 Å². The molecule has 5 heteroatoms. The van der Waals surface area contributed by atoms with Crippen molar-refractivity contribution in [2.24, 2.45) is 0 Å². The molecule has 0 saturated heterocycles. The van der Waals surface area contributed by atoms with Gasteiger partial charge in [0.2, 0.25) is 0 Å². The van der Waals surface area contributed by atoms with Crippen molar-refractivity contribution in [3.8, 4) is 39.9 Å². The molecule has 9 aromatic rings. The van der Waals surface area contributed by atoms with Crippen molar-refractivity contribution in [1.29, 1.82) is 0 Å². The highest BCUT2D eigenvalue weighted by molar-refractivity contribution is 6.11. The molecular weight excluding hydrogens is 574 g/mol. The summed E-state index contributed by atoms with van der Waals surface area (Å²) in [4.78, 5) is 19.1. The zero-order chi connectivity index (χ0) is 31.3. The first-order valence-electron chi connectivity index (χ1n) is 15.5. The number of nitrogens with zero attached hydrogens (tertiary/aromatic N) is 5. The Hall–Kier alpha value is -6.64. The monoisotopic (exact) mass is 599 g/mol. The standard InChI is InChI=1S/C42H25N5/c1-43-30-22-24-39-37(26-30)36-25-29(21-23-38(36)47(39)31-15-3-2-4-16-31)40-44-41(34-19-9-13-27-11-5-7-17-32(27)34)46-42(45-40)35-20-10-14-28-12-6-8-18-33(28)35/h2-26H. The largest absolute Gasteiger partial charge is 0.309 e. The van der Waals surface area contributed by atoms with Crippen molar-refractivity contribution >= 4 is 49.0 Å². The predicted molar refractivity (Wildman–Crippen MR) is 192 cm³/mol. The van der Waals surface area contributed by atoms with Gasteiger partial charge in [-0.2, -0.15) is 0 Å². The Labute approximate surface area is 270 Å². The van der Waals surface area contributed by atoms with Gasteiger partial charge in [-0.3, -0.25) is 0 Å². The molecule has 9 rings (SSSR count). The Bertz CT molecular complexity index is 2590. The maximum absolute atomic E-state index is 7.69. The van der Waals surface area contributed by atoms with E-state index in [2.05, 4.69) is 100 Å². The maximum Gasteiger partial charge on any atom is 0.188 e. The van der Waals surface area contributed by atoms with Crippen LogP contribution in [0.25, 0.3) is 88.0 Å². The molecule has 0 aliphatic carbocycles. The minimum absolute atomic E-state index is 0.592. The molecule has 0 aliphatic heterocycles. The van der Waals surface area contributed by atoms with E-state index in [1.54, 1.807) is 0 Å². The van der Waals surface area contributed by atoms with E-state index < -0.39 is 0 Å². The number of rotatable bonds is 4. The Morgan fingerprint density at radius 2 is 0.979 bits per heavy atom. The fourth-order valence-electron chi connectivity index (χ4n) is 6.66. The van der Waals surface area contributed by atoms with Crippen LogP contribution in [0.4, 0.5) is 5.69 Å². The minimum Gasteiger partial charge on any atom is -0.309 e. The minimum atomic E-state index is 0.592. The number of hydrogen-bond acceptors (Lipinski definition) is 3. The molecule has 0 spiro atoms. The summed E-state index contributed by atoms with van der Waals surface area (Å²) in [6.45, 7) is 7.69. The lowest BCUT2D eigenvalue weighted by Crippen LogP contribution is -2.01. The zero-order valence-corrected chi connectivity index (χ0v) is 25.2. The van der Waals surface area contributed by atoms with Gasteiger partial charge in [0.05, 0.1) is 17.6 Å². The first kappa shape index (κ1) is 26.7. The van der Waals surface area contributed by atoms with Crippen LogP contribution in [0, 0.1) is 6.57 Å². The average Bonchev–Trinajstić information content (AvgIpc) is 3.47. The van der Waals surface area contributed by atoms with Crippen molar-refractivity contribution in [2.45, 2.75) is 0 Å². The van der Waals surface area contributed by atoms with E-state index in [1.807, 2.05) is 60.7 Å². The molecule has 0 unspecified atom stereocenters. The van der Waals surface area contributed by atoms with E-state index in [4.69, 9.17) is 21.5 Å². The number of para-hydroxylation sites is 1. The lowest BCUT2D eigenvalue weighted by molar-refractivity contribution is 1.08. The highest BCUT2D eigenvalue weighted by atomic mass is 15.0. The van der Waals surface area contributed by atoms with E-state index >= 15 is 0 Å². The normalized spacial score (nSPS) is 11.4. The van der Waals surface area contributed by atoms with E-state index in [1.165, 1.54) is 0 Å². The Morgan fingerprint density at radius 3 is 1.62 bits per heavy atom. The van der Waals surface area contributed by atoms with Gasteiger partial charge in [0.15, 0.2) is 23.2 Å². The van der Waals surface area contributed by atoms with Crippen molar-refractivity contribution in [3.05, 3.63) is 163 Å². The van der Waals surface area contributed by atoms with E-state index in [0.717, 1.165) is 65.7 Å². The van der Waals surface area contributed by atoms with Crippen LogP contribution in [-0.4, -0.2) is 19.5 Å². The second-order valence-corrected chi connectivity index (χ2v) is 11.6. The lowest BCUT2D eigenvalue weighted by atomic mass is 10.0. The number of aromatic nitrogens is 4. The van der Waals surface area contributed by atoms with E-state index in [9.17, 15) is 0 Å². The summed E-state index contributed by atoms with van der Waals surface area (Å²) in [5, 5.41) is 6.48. The summed E-state index contributed by atoms with van der Waals surface area (Å²) in [5.41, 5.74) is 6.55. The van der Waals surface area contributed by atoms with Gasteiger partial charge in [0.25, 0.3) is 0 Å². The quantitative estimate of drug-likeness (QED) is 0.189. The molecule has 47 heavy (non-hydrogen) atoms. The summed E-state index contributed by atoms with van der Waals surface area (Å²) in [6, 6.07) is 51.7. The Morgan fingerprint density at radius 1 is 0.447 bits per heavy atom. The zero-order valence-electron chi connectivity index (χ0n) is 25.2. The third-order valence-electron chi connectivity index (χ3n) is 8.85. The fraction of sp³-hybridized carbons (Fsp3) is 0. The fourth-order valence-corrected chi connectivity index (χ4v) is 6.66. The second kappa shape index (κ2) is 10.8. The van der Waals surface area contributed by atoms with E-state index in [0.29, 0.717) is 23.2 Å². The van der Waals surface area contributed by atoms with Crippen LogP contribution in [0.1, 0.15) is 0 Å². The molecule has 0 atom stereocenters. The van der Waals surface area contributed by atoms with Crippen LogP contribution in [-0.2, 0) is 0 Å². The molecule has 2 aromatic heterocycles. The molecule has 0 saturated carbocycles. The number of fused-ring (bicyclic) bond motifs is 5. The molecule has 0 aliphatic rings. The van der Waals surface area contributed by atoms with Gasteiger partial charge in [-0.25, -0.2) is 19.8 Å². The van der Waals surface area contributed by atoms with Gasteiger partial charge in [0, 0.05) is 27.8 Å². The molecule has 218 valence electrons. The average molecular weight is 600 g/mol. The van der Waals surface area contributed by atoms with Gasteiger partial charge in [-0.1, -0.05) is 109 Å². The van der Waals surface area contributed by atoms with Gasteiger partial charge in [0.1, 0.15) is 0 Å². The summed E-state index contributed by atoms with van der Waals surface area (Å²) >= 11 is 0. The molecular formula is C42H25N5. The van der Waals surface area contributed by atoms with Crippen LogP contribution in [0.15, 0.2) is 152 Å². The maximum atomic E-state index is 7.69.